The molecular formula is C24H21N5S. The molecule has 2 aromatic heterocycles. The lowest BCUT2D eigenvalue weighted by Gasteiger charge is -2.13. The quantitative estimate of drug-likeness (QED) is 0.404. The highest BCUT2D eigenvalue weighted by molar-refractivity contribution is 8.00. The number of aryl methyl sites for hydroxylation is 1. The molecule has 0 aliphatic rings. The zero-order valence-electron chi connectivity index (χ0n) is 16.6. The first-order valence-electron chi connectivity index (χ1n) is 9.72. The lowest BCUT2D eigenvalue weighted by atomic mass is 10.1. The molecular weight excluding hydrogens is 390 g/mol. The van der Waals surface area contributed by atoms with Gasteiger partial charge in [-0.25, -0.2) is 0 Å². The molecule has 5 nitrogen and oxygen atoms in total. The van der Waals surface area contributed by atoms with Crippen molar-refractivity contribution in [2.75, 3.05) is 0 Å². The molecule has 0 saturated carbocycles. The summed E-state index contributed by atoms with van der Waals surface area (Å²) in [5.41, 5.74) is 4.46. The molecule has 30 heavy (non-hydrogen) atoms. The second-order valence-electron chi connectivity index (χ2n) is 7.04. The van der Waals surface area contributed by atoms with Crippen molar-refractivity contribution in [1.29, 1.82) is 5.26 Å². The Kier molecular flexibility index (Phi) is 6.21. The summed E-state index contributed by atoms with van der Waals surface area (Å²) in [6.45, 7) is 2.70. The van der Waals surface area contributed by atoms with Gasteiger partial charge in [0, 0.05) is 18.0 Å². The lowest BCUT2D eigenvalue weighted by molar-refractivity contribution is 0.713. The fourth-order valence-corrected chi connectivity index (χ4v) is 4.13. The minimum atomic E-state index is -0.253. The maximum absolute atomic E-state index is 9.77. The summed E-state index contributed by atoms with van der Waals surface area (Å²) in [6, 6.07) is 24.8. The third-order valence-electron chi connectivity index (χ3n) is 4.77. The van der Waals surface area contributed by atoms with Gasteiger partial charge in [0.15, 0.2) is 11.0 Å². The highest BCUT2D eigenvalue weighted by atomic mass is 32.2. The molecule has 0 bridgehead atoms. The van der Waals surface area contributed by atoms with Gasteiger partial charge in [-0.15, -0.1) is 10.2 Å². The normalized spacial score (nSPS) is 11.7. The summed E-state index contributed by atoms with van der Waals surface area (Å²) in [5, 5.41) is 19.1. The van der Waals surface area contributed by atoms with E-state index in [1.165, 1.54) is 17.3 Å². The van der Waals surface area contributed by atoms with Gasteiger partial charge in [0.25, 0.3) is 0 Å². The van der Waals surface area contributed by atoms with Crippen LogP contribution in [0.2, 0.25) is 0 Å². The number of hydrogen-bond donors (Lipinski definition) is 0. The zero-order chi connectivity index (χ0) is 20.8. The molecule has 2 heterocycles. The average Bonchev–Trinajstić information content (AvgIpc) is 3.18. The molecule has 0 spiro atoms. The number of nitrogens with zero attached hydrogens (tertiary/aromatic N) is 5. The van der Waals surface area contributed by atoms with E-state index in [0.717, 1.165) is 27.7 Å². The fourth-order valence-electron chi connectivity index (χ4n) is 3.18. The maximum atomic E-state index is 9.77. The average molecular weight is 412 g/mol. The molecule has 0 amide bonds. The van der Waals surface area contributed by atoms with Crippen LogP contribution in [-0.2, 0) is 13.0 Å². The van der Waals surface area contributed by atoms with Crippen LogP contribution in [0.15, 0.2) is 84.3 Å². The Morgan fingerprint density at radius 3 is 2.37 bits per heavy atom. The predicted octanol–water partition coefficient (Wildman–Crippen LogP) is 4.92. The third-order valence-corrected chi connectivity index (χ3v) is 5.84. The molecule has 148 valence electrons. The summed E-state index contributed by atoms with van der Waals surface area (Å²) < 4.78 is 2.08. The molecule has 0 saturated heterocycles. The highest BCUT2D eigenvalue weighted by Gasteiger charge is 2.19. The van der Waals surface area contributed by atoms with Crippen LogP contribution in [0.25, 0.3) is 11.4 Å². The van der Waals surface area contributed by atoms with E-state index >= 15 is 0 Å². The summed E-state index contributed by atoms with van der Waals surface area (Å²) in [7, 11) is 0. The molecule has 0 aliphatic heterocycles. The van der Waals surface area contributed by atoms with Crippen molar-refractivity contribution in [1.82, 2.24) is 19.7 Å². The van der Waals surface area contributed by atoms with Crippen LogP contribution in [0.5, 0.6) is 0 Å². The van der Waals surface area contributed by atoms with E-state index in [2.05, 4.69) is 69.1 Å². The van der Waals surface area contributed by atoms with Crippen molar-refractivity contribution in [2.45, 2.75) is 30.3 Å². The molecule has 0 fully saturated rings. The van der Waals surface area contributed by atoms with Crippen LogP contribution in [0.1, 0.15) is 16.7 Å². The van der Waals surface area contributed by atoms with Gasteiger partial charge < -0.3 is 0 Å². The van der Waals surface area contributed by atoms with Gasteiger partial charge >= 0.3 is 0 Å². The molecule has 0 radical (unpaired) electrons. The first kappa shape index (κ1) is 19.9. The number of nitriles is 1. The summed E-state index contributed by atoms with van der Waals surface area (Å²) in [5.74, 6) is 0.774. The van der Waals surface area contributed by atoms with E-state index in [9.17, 15) is 5.26 Å². The van der Waals surface area contributed by atoms with Crippen LogP contribution in [0.3, 0.4) is 0 Å². The van der Waals surface area contributed by atoms with Crippen molar-refractivity contribution in [3.05, 3.63) is 95.8 Å². The van der Waals surface area contributed by atoms with E-state index in [4.69, 9.17) is 0 Å². The Bertz CT molecular complexity index is 1130. The molecule has 0 aliphatic carbocycles. The van der Waals surface area contributed by atoms with Crippen LogP contribution >= 0.6 is 11.8 Å². The number of thioether (sulfide) groups is 1. The smallest absolute Gasteiger partial charge is 0.193 e. The van der Waals surface area contributed by atoms with Gasteiger partial charge in [-0.1, -0.05) is 71.9 Å². The van der Waals surface area contributed by atoms with Gasteiger partial charge in [0.05, 0.1) is 12.6 Å². The standard InChI is InChI=1S/C24H21N5S/c1-18-7-9-19(10-8-18)15-22(16-25)30-24-28-27-23(21-11-13-26-14-12-21)29(24)17-20-5-3-2-4-6-20/h2-14,22H,15,17H2,1H3/t22-/m1/s1. The third kappa shape index (κ3) is 4.76. The molecule has 1 atom stereocenters. The molecule has 4 aromatic rings. The van der Waals surface area contributed by atoms with Crippen molar-refractivity contribution in [3.63, 3.8) is 0 Å². The molecule has 0 unspecified atom stereocenters. The van der Waals surface area contributed by atoms with Crippen molar-refractivity contribution >= 4 is 11.8 Å². The molecule has 6 heteroatoms. The van der Waals surface area contributed by atoms with Crippen LogP contribution in [0, 0.1) is 18.3 Å². The Labute approximate surface area is 180 Å². The van der Waals surface area contributed by atoms with Gasteiger partial charge in [-0.3, -0.25) is 9.55 Å². The van der Waals surface area contributed by atoms with Crippen LogP contribution < -0.4 is 0 Å². The summed E-state index contributed by atoms with van der Waals surface area (Å²) in [6.07, 6.45) is 4.16. The topological polar surface area (TPSA) is 67.4 Å². The van der Waals surface area contributed by atoms with E-state index in [-0.39, 0.29) is 5.25 Å². The Hall–Kier alpha value is -3.43. The van der Waals surface area contributed by atoms with Crippen molar-refractivity contribution in [2.24, 2.45) is 0 Å². The number of pyridine rings is 1. The van der Waals surface area contributed by atoms with Crippen LogP contribution in [0.4, 0.5) is 0 Å². The second-order valence-corrected chi connectivity index (χ2v) is 8.21. The van der Waals surface area contributed by atoms with E-state index in [0.29, 0.717) is 13.0 Å². The predicted molar refractivity (Wildman–Crippen MR) is 119 cm³/mol. The summed E-state index contributed by atoms with van der Waals surface area (Å²) >= 11 is 1.46. The van der Waals surface area contributed by atoms with Gasteiger partial charge in [0.1, 0.15) is 5.25 Å². The summed E-state index contributed by atoms with van der Waals surface area (Å²) in [4.78, 5) is 4.10. The monoisotopic (exact) mass is 411 g/mol. The molecule has 2 aromatic carbocycles. The largest absolute Gasteiger partial charge is 0.298 e. The molecule has 0 N–H and O–H groups in total. The number of rotatable bonds is 7. The van der Waals surface area contributed by atoms with Crippen molar-refractivity contribution < 1.29 is 0 Å². The Morgan fingerprint density at radius 2 is 1.67 bits per heavy atom. The minimum absolute atomic E-state index is 0.253. The van der Waals surface area contributed by atoms with E-state index in [1.807, 2.05) is 30.3 Å². The SMILES string of the molecule is Cc1ccc(C[C@H](C#N)Sc2nnc(-c3ccncc3)n2Cc2ccccc2)cc1. The highest BCUT2D eigenvalue weighted by Crippen LogP contribution is 2.29. The Morgan fingerprint density at radius 1 is 0.933 bits per heavy atom. The minimum Gasteiger partial charge on any atom is -0.298 e. The zero-order valence-corrected chi connectivity index (χ0v) is 17.5. The van der Waals surface area contributed by atoms with E-state index < -0.39 is 0 Å². The van der Waals surface area contributed by atoms with Gasteiger partial charge in [-0.05, 0) is 36.6 Å². The number of aromatic nitrogens is 4. The molecule has 4 rings (SSSR count). The lowest BCUT2D eigenvalue weighted by Crippen LogP contribution is -2.09. The fraction of sp³-hybridized carbons (Fsp3) is 0.167. The van der Waals surface area contributed by atoms with E-state index in [1.54, 1.807) is 12.4 Å². The first-order valence-corrected chi connectivity index (χ1v) is 10.6. The van der Waals surface area contributed by atoms with Gasteiger partial charge in [-0.2, -0.15) is 5.26 Å². The second kappa shape index (κ2) is 9.38. The number of hydrogen-bond acceptors (Lipinski definition) is 5. The maximum Gasteiger partial charge on any atom is 0.193 e. The van der Waals surface area contributed by atoms with Crippen LogP contribution in [-0.4, -0.2) is 25.0 Å². The van der Waals surface area contributed by atoms with Gasteiger partial charge in [0.2, 0.25) is 0 Å². The number of benzene rings is 2. The van der Waals surface area contributed by atoms with Crippen molar-refractivity contribution in [3.8, 4) is 17.5 Å². The Balaban J connectivity index is 1.64. The first-order chi connectivity index (χ1) is 14.7.